The molecule has 9 atom stereocenters. The number of fused-ring (bicyclic) bond motifs is 7. The van der Waals surface area contributed by atoms with Crippen LogP contribution in [0.5, 0.6) is 0 Å². The first-order valence-corrected chi connectivity index (χ1v) is 14.1. The molecule has 0 heterocycles. The van der Waals surface area contributed by atoms with Gasteiger partial charge in [-0.3, -0.25) is 10.0 Å². The molecule has 0 radical (unpaired) electrons. The summed E-state index contributed by atoms with van der Waals surface area (Å²) in [7, 11) is 0. The number of hydroxylamine groups is 1. The van der Waals surface area contributed by atoms with E-state index >= 15 is 0 Å². The molecule has 0 aromatic rings. The molecule has 4 saturated carbocycles. The highest BCUT2D eigenvalue weighted by Crippen LogP contribution is 2.75. The van der Waals surface area contributed by atoms with Gasteiger partial charge < -0.3 is 10.2 Å². The first kappa shape index (κ1) is 25.7. The first-order chi connectivity index (χ1) is 16.1. The number of aliphatic hydroxyl groups is 2. The summed E-state index contributed by atoms with van der Waals surface area (Å²) in [5.41, 5.74) is 2.92. The highest BCUT2D eigenvalue weighted by Gasteiger charge is 2.69. The molecule has 0 unspecified atom stereocenters. The fourth-order valence-corrected chi connectivity index (χ4v) is 10.9. The number of hydrogen-bond donors (Lipinski definition) is 4. The predicted molar refractivity (Wildman–Crippen MR) is 136 cm³/mol. The minimum atomic E-state index is -0.682. The number of nitrogens with one attached hydrogen (secondary N) is 1. The highest BCUT2D eigenvalue weighted by atomic mass is 16.5. The van der Waals surface area contributed by atoms with E-state index in [0.29, 0.717) is 18.3 Å². The minimum Gasteiger partial charge on any atom is -0.390 e. The lowest BCUT2D eigenvalue weighted by atomic mass is 9.33. The molecular weight excluding hydrogens is 438 g/mol. The Labute approximate surface area is 212 Å². The molecule has 0 aromatic carbocycles. The maximum absolute atomic E-state index is 13.2. The Bertz CT molecular complexity index is 941. The third-order valence-corrected chi connectivity index (χ3v) is 13.1. The summed E-state index contributed by atoms with van der Waals surface area (Å²) in [6, 6.07) is 0. The number of hydrogen-bond acceptors (Lipinski definition) is 4. The van der Waals surface area contributed by atoms with Gasteiger partial charge in [-0.2, -0.15) is 0 Å². The minimum absolute atomic E-state index is 0.00756. The summed E-state index contributed by atoms with van der Waals surface area (Å²) in [6.07, 6.45) is 9.58. The third kappa shape index (κ3) is 3.13. The topological polar surface area (TPSA) is 89.8 Å². The molecule has 35 heavy (non-hydrogen) atoms. The second-order valence-electron chi connectivity index (χ2n) is 15.4. The summed E-state index contributed by atoms with van der Waals surface area (Å²) in [5.74, 6) is 0.784. The second-order valence-corrected chi connectivity index (χ2v) is 15.4. The normalized spacial score (nSPS) is 52.2. The van der Waals surface area contributed by atoms with Crippen molar-refractivity contribution in [3.8, 4) is 0 Å². The zero-order chi connectivity index (χ0) is 25.8. The van der Waals surface area contributed by atoms with Crippen LogP contribution in [0.15, 0.2) is 11.6 Å². The molecule has 0 saturated heterocycles. The molecule has 5 rings (SSSR count). The van der Waals surface area contributed by atoms with E-state index in [-0.39, 0.29) is 38.9 Å². The number of rotatable bonds is 1. The SMILES string of the molecule is CC1(C)CC[C@]2(C(=O)NO)CC[C@]3(C)C(=CC[C@@H]4[C@@]5(C)C[C@H](O)[C@@H](O)C(C)(C)[C@@H]5CC[C@]43C)[C@@H]2C1. The van der Waals surface area contributed by atoms with Crippen LogP contribution in [-0.4, -0.2) is 33.5 Å². The van der Waals surface area contributed by atoms with Crippen molar-refractivity contribution in [3.05, 3.63) is 11.6 Å². The van der Waals surface area contributed by atoms with Crippen LogP contribution in [0.2, 0.25) is 0 Å². The average molecular weight is 488 g/mol. The smallest absolute Gasteiger partial charge is 0.250 e. The Morgan fingerprint density at radius 1 is 0.914 bits per heavy atom. The number of carbonyl (C=O) groups is 1. The number of allylic oxidation sites excluding steroid dienone is 2. The average Bonchev–Trinajstić information content (AvgIpc) is 2.77. The van der Waals surface area contributed by atoms with Crippen molar-refractivity contribution in [1.29, 1.82) is 0 Å². The Balaban J connectivity index is 1.61. The lowest BCUT2D eigenvalue weighted by molar-refractivity contribution is -0.231. The van der Waals surface area contributed by atoms with Crippen LogP contribution >= 0.6 is 0 Å². The number of aliphatic hydroxyl groups excluding tert-OH is 2. The Kier molecular flexibility index (Phi) is 5.56. The van der Waals surface area contributed by atoms with Gasteiger partial charge in [0.1, 0.15) is 0 Å². The van der Waals surface area contributed by atoms with Crippen LogP contribution in [0.25, 0.3) is 0 Å². The van der Waals surface area contributed by atoms with Crippen LogP contribution in [0.1, 0.15) is 106 Å². The van der Waals surface area contributed by atoms with Gasteiger partial charge in [0.15, 0.2) is 0 Å². The summed E-state index contributed by atoms with van der Waals surface area (Å²) in [4.78, 5) is 13.2. The van der Waals surface area contributed by atoms with Gasteiger partial charge in [0, 0.05) is 0 Å². The van der Waals surface area contributed by atoms with Gasteiger partial charge >= 0.3 is 0 Å². The van der Waals surface area contributed by atoms with Gasteiger partial charge in [0.25, 0.3) is 0 Å². The van der Waals surface area contributed by atoms with Gasteiger partial charge in [0.2, 0.25) is 5.91 Å². The molecule has 198 valence electrons. The molecule has 5 heteroatoms. The maximum atomic E-state index is 13.2. The van der Waals surface area contributed by atoms with Crippen LogP contribution in [0.3, 0.4) is 0 Å². The molecule has 4 N–H and O–H groups in total. The molecule has 1 amide bonds. The van der Waals surface area contributed by atoms with Gasteiger partial charge in [-0.25, -0.2) is 5.48 Å². The van der Waals surface area contributed by atoms with Gasteiger partial charge in [0.05, 0.1) is 17.6 Å². The van der Waals surface area contributed by atoms with E-state index in [9.17, 15) is 20.2 Å². The standard InChI is InChI=1S/C30H49NO4/c1-25(2)12-14-30(24(34)31-35)15-13-28(6)18(19(30)16-25)8-9-22-27(5)17-20(32)23(33)26(3,4)21(27)10-11-29(22,28)7/h8,19-23,32-33,35H,9-17H2,1-7H3,(H,31,34)/t19-,20-,21-,22+,23+,27-,28+,29+,30-/m0/s1. The summed E-state index contributed by atoms with van der Waals surface area (Å²) >= 11 is 0. The van der Waals surface area contributed by atoms with E-state index in [1.807, 2.05) is 0 Å². The molecule has 5 aliphatic rings. The van der Waals surface area contributed by atoms with E-state index < -0.39 is 17.6 Å². The second kappa shape index (κ2) is 7.57. The largest absolute Gasteiger partial charge is 0.390 e. The van der Waals surface area contributed by atoms with Crippen molar-refractivity contribution in [3.63, 3.8) is 0 Å². The van der Waals surface area contributed by atoms with E-state index in [1.54, 1.807) is 0 Å². The fraction of sp³-hybridized carbons (Fsp3) is 0.900. The summed E-state index contributed by atoms with van der Waals surface area (Å²) in [5, 5.41) is 31.7. The Morgan fingerprint density at radius 3 is 2.23 bits per heavy atom. The molecule has 0 aromatic heterocycles. The zero-order valence-electron chi connectivity index (χ0n) is 23.1. The van der Waals surface area contributed by atoms with Crippen molar-refractivity contribution >= 4 is 5.91 Å². The quantitative estimate of drug-likeness (QED) is 0.219. The van der Waals surface area contributed by atoms with E-state index in [1.165, 1.54) is 5.57 Å². The lowest BCUT2D eigenvalue weighted by Crippen LogP contribution is -2.67. The van der Waals surface area contributed by atoms with Crippen LogP contribution in [0, 0.1) is 50.2 Å². The Morgan fingerprint density at radius 2 is 1.57 bits per heavy atom. The van der Waals surface area contributed by atoms with E-state index in [2.05, 4.69) is 60.0 Å². The third-order valence-electron chi connectivity index (χ3n) is 13.1. The van der Waals surface area contributed by atoms with Gasteiger partial charge in [-0.1, -0.05) is 60.1 Å². The first-order valence-electron chi connectivity index (χ1n) is 14.1. The van der Waals surface area contributed by atoms with Crippen molar-refractivity contribution in [2.24, 2.45) is 50.2 Å². The van der Waals surface area contributed by atoms with Crippen molar-refractivity contribution in [1.82, 2.24) is 5.48 Å². The summed E-state index contributed by atoms with van der Waals surface area (Å²) < 4.78 is 0. The lowest BCUT2D eigenvalue weighted by Gasteiger charge is -2.71. The predicted octanol–water partition coefficient (Wildman–Crippen LogP) is 5.63. The Hall–Kier alpha value is -0.910. The monoisotopic (exact) mass is 487 g/mol. The van der Waals surface area contributed by atoms with Crippen molar-refractivity contribution < 1.29 is 20.2 Å². The fourth-order valence-electron chi connectivity index (χ4n) is 10.9. The molecule has 0 spiro atoms. The molecule has 4 fully saturated rings. The van der Waals surface area contributed by atoms with Crippen LogP contribution < -0.4 is 5.48 Å². The van der Waals surface area contributed by atoms with Gasteiger partial charge in [-0.05, 0) is 103 Å². The molecular formula is C30H49NO4. The van der Waals surface area contributed by atoms with E-state index in [0.717, 1.165) is 51.4 Å². The zero-order valence-corrected chi connectivity index (χ0v) is 23.1. The highest BCUT2D eigenvalue weighted by molar-refractivity contribution is 5.83. The summed E-state index contributed by atoms with van der Waals surface area (Å²) in [6.45, 7) is 16.3. The molecule has 0 aliphatic heterocycles. The van der Waals surface area contributed by atoms with Crippen LogP contribution in [-0.2, 0) is 4.79 Å². The van der Waals surface area contributed by atoms with Crippen molar-refractivity contribution in [2.45, 2.75) is 118 Å². The number of carbonyl (C=O) groups excluding carboxylic acids is 1. The van der Waals surface area contributed by atoms with E-state index in [4.69, 9.17) is 0 Å². The van der Waals surface area contributed by atoms with Crippen molar-refractivity contribution in [2.75, 3.05) is 0 Å². The number of amides is 1. The molecule has 5 nitrogen and oxygen atoms in total. The maximum Gasteiger partial charge on any atom is 0.250 e. The van der Waals surface area contributed by atoms with Crippen LogP contribution in [0.4, 0.5) is 0 Å². The molecule has 5 aliphatic carbocycles. The van der Waals surface area contributed by atoms with Gasteiger partial charge in [-0.15, -0.1) is 0 Å². The molecule has 0 bridgehead atoms.